The van der Waals surface area contributed by atoms with Crippen LogP contribution in [0, 0.1) is 6.92 Å². The second-order valence-corrected chi connectivity index (χ2v) is 9.70. The molecule has 0 unspecified atom stereocenters. The average molecular weight is 521 g/mol. The van der Waals surface area contributed by atoms with Crippen LogP contribution in [-0.4, -0.2) is 35.9 Å². The molecule has 0 aliphatic carbocycles. The lowest BCUT2D eigenvalue weighted by Crippen LogP contribution is -2.50. The van der Waals surface area contributed by atoms with E-state index < -0.39 is 6.04 Å². The van der Waals surface area contributed by atoms with Crippen molar-refractivity contribution < 1.29 is 14.3 Å². The summed E-state index contributed by atoms with van der Waals surface area (Å²) >= 11 is 5.94. The van der Waals surface area contributed by atoms with Crippen LogP contribution >= 0.6 is 11.6 Å². The summed E-state index contributed by atoms with van der Waals surface area (Å²) in [6, 6.07) is 24.5. The molecular formula is C31H37ClN2O3. The normalized spacial score (nSPS) is 11.5. The fraction of sp³-hybridized carbons (Fsp3) is 0.355. The van der Waals surface area contributed by atoms with Crippen molar-refractivity contribution in [1.82, 2.24) is 10.2 Å². The zero-order chi connectivity index (χ0) is 26.5. The molecule has 1 atom stereocenters. The molecule has 196 valence electrons. The number of benzene rings is 3. The van der Waals surface area contributed by atoms with Crippen LogP contribution in [0.15, 0.2) is 78.9 Å². The zero-order valence-corrected chi connectivity index (χ0v) is 22.5. The molecule has 6 heteroatoms. The molecule has 0 bridgehead atoms. The predicted molar refractivity (Wildman–Crippen MR) is 150 cm³/mol. The van der Waals surface area contributed by atoms with Crippen molar-refractivity contribution in [3.05, 3.63) is 101 Å². The van der Waals surface area contributed by atoms with Crippen molar-refractivity contribution in [2.24, 2.45) is 0 Å². The third-order valence-electron chi connectivity index (χ3n) is 6.19. The molecule has 2 amide bonds. The van der Waals surface area contributed by atoms with Gasteiger partial charge in [0.1, 0.15) is 11.8 Å². The van der Waals surface area contributed by atoms with Gasteiger partial charge in [0.2, 0.25) is 11.8 Å². The van der Waals surface area contributed by atoms with Crippen molar-refractivity contribution in [3.63, 3.8) is 0 Å². The maximum Gasteiger partial charge on any atom is 0.243 e. The molecule has 0 spiro atoms. The minimum absolute atomic E-state index is 0.0631. The van der Waals surface area contributed by atoms with E-state index in [2.05, 4.69) is 12.2 Å². The predicted octanol–water partition coefficient (Wildman–Crippen LogP) is 6.36. The number of unbranched alkanes of at least 4 members (excludes halogenated alkanes) is 1. The molecule has 0 aromatic heterocycles. The van der Waals surface area contributed by atoms with Gasteiger partial charge < -0.3 is 15.0 Å². The van der Waals surface area contributed by atoms with E-state index in [4.69, 9.17) is 16.3 Å². The fourth-order valence-corrected chi connectivity index (χ4v) is 4.16. The van der Waals surface area contributed by atoms with E-state index in [1.807, 2.05) is 73.7 Å². The summed E-state index contributed by atoms with van der Waals surface area (Å²) < 4.78 is 5.78. The lowest BCUT2D eigenvalue weighted by Gasteiger charge is -2.31. The Balaban J connectivity index is 1.76. The molecular weight excluding hydrogens is 484 g/mol. The second kappa shape index (κ2) is 15.1. The molecule has 0 saturated heterocycles. The minimum atomic E-state index is -0.606. The Kier molecular flexibility index (Phi) is 11.5. The van der Waals surface area contributed by atoms with Gasteiger partial charge in [0.05, 0.1) is 6.61 Å². The van der Waals surface area contributed by atoms with Gasteiger partial charge in [-0.05, 0) is 55.2 Å². The molecule has 3 aromatic carbocycles. The van der Waals surface area contributed by atoms with Crippen molar-refractivity contribution in [3.8, 4) is 5.75 Å². The number of halogens is 1. The van der Waals surface area contributed by atoms with E-state index in [0.29, 0.717) is 43.3 Å². The van der Waals surface area contributed by atoms with Crippen molar-refractivity contribution >= 4 is 23.4 Å². The smallest absolute Gasteiger partial charge is 0.243 e. The molecule has 0 heterocycles. The van der Waals surface area contributed by atoms with Crippen molar-refractivity contribution in [2.45, 2.75) is 58.5 Å². The van der Waals surface area contributed by atoms with Crippen LogP contribution in [0.4, 0.5) is 0 Å². The average Bonchev–Trinajstić information content (AvgIpc) is 2.91. The van der Waals surface area contributed by atoms with Crippen molar-refractivity contribution in [2.75, 3.05) is 13.2 Å². The van der Waals surface area contributed by atoms with E-state index in [9.17, 15) is 9.59 Å². The SMILES string of the molecule is CCCCNC(=O)[C@H](Cc1ccccc1)N(Cc1ccc(C)cc1)C(=O)CCCOc1ccc(Cl)cc1. The fourth-order valence-electron chi connectivity index (χ4n) is 4.04. The molecule has 0 fully saturated rings. The monoisotopic (exact) mass is 520 g/mol. The van der Waals surface area contributed by atoms with Gasteiger partial charge in [-0.1, -0.05) is 85.1 Å². The summed E-state index contributed by atoms with van der Waals surface area (Å²) in [7, 11) is 0. The highest BCUT2D eigenvalue weighted by molar-refractivity contribution is 6.30. The minimum Gasteiger partial charge on any atom is -0.494 e. The molecule has 37 heavy (non-hydrogen) atoms. The van der Waals surface area contributed by atoms with Gasteiger partial charge in [0.25, 0.3) is 0 Å². The lowest BCUT2D eigenvalue weighted by molar-refractivity contribution is -0.141. The molecule has 0 aliphatic rings. The highest BCUT2D eigenvalue weighted by atomic mass is 35.5. The maximum atomic E-state index is 13.6. The summed E-state index contributed by atoms with van der Waals surface area (Å²) in [5.41, 5.74) is 3.17. The molecule has 0 aliphatic heterocycles. The van der Waals surface area contributed by atoms with Crippen LogP contribution < -0.4 is 10.1 Å². The number of carbonyl (C=O) groups is 2. The summed E-state index contributed by atoms with van der Waals surface area (Å²) in [4.78, 5) is 28.8. The number of carbonyl (C=O) groups excluding carboxylic acids is 2. The highest BCUT2D eigenvalue weighted by Gasteiger charge is 2.30. The topological polar surface area (TPSA) is 58.6 Å². The standard InChI is InChI=1S/C31H37ClN2O3/c1-3-4-20-33-31(36)29(22-25-9-6-5-7-10-25)34(23-26-14-12-24(2)13-15-26)30(35)11-8-21-37-28-18-16-27(32)17-19-28/h5-7,9-10,12-19,29H,3-4,8,11,20-23H2,1-2H3,(H,33,36)/t29-/m0/s1. The highest BCUT2D eigenvalue weighted by Crippen LogP contribution is 2.18. The van der Waals surface area contributed by atoms with E-state index in [1.54, 1.807) is 17.0 Å². The lowest BCUT2D eigenvalue weighted by atomic mass is 10.0. The number of hydrogen-bond donors (Lipinski definition) is 1. The molecule has 5 nitrogen and oxygen atoms in total. The number of rotatable bonds is 14. The molecule has 1 N–H and O–H groups in total. The van der Waals surface area contributed by atoms with Gasteiger partial charge in [0.15, 0.2) is 0 Å². The number of aryl methyl sites for hydroxylation is 1. The first-order valence-electron chi connectivity index (χ1n) is 13.0. The van der Waals surface area contributed by atoms with Crippen LogP contribution in [-0.2, 0) is 22.6 Å². The van der Waals surface area contributed by atoms with Gasteiger partial charge in [-0.2, -0.15) is 0 Å². The molecule has 0 saturated carbocycles. The van der Waals surface area contributed by atoms with Gasteiger partial charge in [-0.15, -0.1) is 0 Å². The Morgan fingerprint density at radius 2 is 1.62 bits per heavy atom. The number of nitrogens with one attached hydrogen (secondary N) is 1. The van der Waals surface area contributed by atoms with Gasteiger partial charge >= 0.3 is 0 Å². The van der Waals surface area contributed by atoms with Gasteiger partial charge in [0, 0.05) is 31.0 Å². The Labute approximate surface area is 225 Å². The largest absolute Gasteiger partial charge is 0.494 e. The first kappa shape index (κ1) is 28.3. The van der Waals surface area contributed by atoms with Crippen molar-refractivity contribution in [1.29, 1.82) is 0 Å². The van der Waals surface area contributed by atoms with Crippen LogP contribution in [0.25, 0.3) is 0 Å². The summed E-state index contributed by atoms with van der Waals surface area (Å²) in [5.74, 6) is 0.535. The number of hydrogen-bond acceptors (Lipinski definition) is 3. The number of ether oxygens (including phenoxy) is 1. The van der Waals surface area contributed by atoms with Gasteiger partial charge in [-0.3, -0.25) is 9.59 Å². The summed E-state index contributed by atoms with van der Waals surface area (Å²) in [5, 5.41) is 3.71. The van der Waals surface area contributed by atoms with Crippen LogP contribution in [0.3, 0.4) is 0 Å². The zero-order valence-electron chi connectivity index (χ0n) is 21.8. The van der Waals surface area contributed by atoms with E-state index >= 15 is 0 Å². The van der Waals surface area contributed by atoms with Gasteiger partial charge in [-0.25, -0.2) is 0 Å². The maximum absolute atomic E-state index is 13.6. The Morgan fingerprint density at radius 1 is 0.919 bits per heavy atom. The number of amides is 2. The Morgan fingerprint density at radius 3 is 2.30 bits per heavy atom. The number of nitrogens with zero attached hydrogens (tertiary/aromatic N) is 1. The Hall–Kier alpha value is -3.31. The Bertz CT molecular complexity index is 1100. The van der Waals surface area contributed by atoms with E-state index in [0.717, 1.165) is 29.5 Å². The molecule has 0 radical (unpaired) electrons. The van der Waals surface area contributed by atoms with E-state index in [-0.39, 0.29) is 18.2 Å². The van der Waals surface area contributed by atoms with Crippen LogP contribution in [0.5, 0.6) is 5.75 Å². The third kappa shape index (κ3) is 9.58. The summed E-state index contributed by atoms with van der Waals surface area (Å²) in [6.07, 6.45) is 3.17. The first-order valence-corrected chi connectivity index (χ1v) is 13.4. The van der Waals surface area contributed by atoms with E-state index in [1.165, 1.54) is 0 Å². The van der Waals surface area contributed by atoms with Crippen LogP contribution in [0.1, 0.15) is 49.3 Å². The summed E-state index contributed by atoms with van der Waals surface area (Å²) in [6.45, 7) is 5.50. The third-order valence-corrected chi connectivity index (χ3v) is 6.44. The first-order chi connectivity index (χ1) is 18.0. The quantitative estimate of drug-likeness (QED) is 0.251. The second-order valence-electron chi connectivity index (χ2n) is 9.26. The molecule has 3 aromatic rings. The molecule has 3 rings (SSSR count). The van der Waals surface area contributed by atoms with Crippen LogP contribution in [0.2, 0.25) is 5.02 Å².